The van der Waals surface area contributed by atoms with Gasteiger partial charge in [0.1, 0.15) is 0 Å². The van der Waals surface area contributed by atoms with Crippen LogP contribution in [0.4, 0.5) is 0 Å². The second-order valence-electron chi connectivity index (χ2n) is 6.00. The number of methoxy groups -OCH3 is 1. The van der Waals surface area contributed by atoms with E-state index in [1.807, 2.05) is 12.1 Å². The molecule has 0 saturated carbocycles. The van der Waals surface area contributed by atoms with E-state index in [-0.39, 0.29) is 18.6 Å². The number of benzene rings is 1. The average molecular weight is 371 g/mol. The molecule has 9 heteroatoms. The fourth-order valence-electron chi connectivity index (χ4n) is 2.53. The number of likely N-dealkylation sites (tertiary alicyclic amines) is 1. The first-order valence-corrected chi connectivity index (χ1v) is 9.51. The number of hydrogen-bond acceptors (Lipinski definition) is 5. The van der Waals surface area contributed by atoms with Crippen LogP contribution in [0.15, 0.2) is 24.3 Å². The Kier molecular flexibility index (Phi) is 6.63. The molecular formula is C16H25N3O5S. The fourth-order valence-corrected chi connectivity index (χ4v) is 3.40. The summed E-state index contributed by atoms with van der Waals surface area (Å²) in [5, 5.41) is 0. The Morgan fingerprint density at radius 2 is 1.84 bits per heavy atom. The zero-order valence-electron chi connectivity index (χ0n) is 14.8. The van der Waals surface area contributed by atoms with Gasteiger partial charge in [-0.1, -0.05) is 12.1 Å². The van der Waals surface area contributed by atoms with Gasteiger partial charge in [-0.25, -0.2) is 0 Å². The van der Waals surface area contributed by atoms with Crippen LogP contribution in [0.25, 0.3) is 0 Å². The second kappa shape index (κ2) is 8.50. The minimum atomic E-state index is -3.45. The van der Waals surface area contributed by atoms with E-state index in [1.165, 1.54) is 14.1 Å². The quantitative estimate of drug-likeness (QED) is 0.752. The second-order valence-corrected chi connectivity index (χ2v) is 7.92. The number of para-hydroxylation sites is 2. The van der Waals surface area contributed by atoms with Gasteiger partial charge in [-0.15, -0.1) is 0 Å². The summed E-state index contributed by atoms with van der Waals surface area (Å²) in [6.45, 7) is 0.915. The zero-order chi connectivity index (χ0) is 18.4. The minimum Gasteiger partial charge on any atom is -0.493 e. The maximum Gasteiger partial charge on any atom is 0.279 e. The van der Waals surface area contributed by atoms with Crippen molar-refractivity contribution in [1.29, 1.82) is 0 Å². The van der Waals surface area contributed by atoms with Crippen molar-refractivity contribution in [2.24, 2.45) is 0 Å². The zero-order valence-corrected chi connectivity index (χ0v) is 15.6. The summed E-state index contributed by atoms with van der Waals surface area (Å²) in [4.78, 5) is 14.0. The highest BCUT2D eigenvalue weighted by atomic mass is 32.2. The number of carbonyl (C=O) groups is 1. The molecule has 0 atom stereocenters. The van der Waals surface area contributed by atoms with E-state index in [1.54, 1.807) is 24.1 Å². The van der Waals surface area contributed by atoms with Gasteiger partial charge < -0.3 is 14.4 Å². The molecule has 0 spiro atoms. The topological polar surface area (TPSA) is 88.2 Å². The highest BCUT2D eigenvalue weighted by Crippen LogP contribution is 2.25. The third-order valence-corrected chi connectivity index (χ3v) is 5.66. The van der Waals surface area contributed by atoms with Gasteiger partial charge in [-0.05, 0) is 25.0 Å². The fraction of sp³-hybridized carbons (Fsp3) is 0.562. The normalized spacial score (nSPS) is 16.1. The van der Waals surface area contributed by atoms with E-state index in [0.29, 0.717) is 37.4 Å². The molecule has 1 saturated heterocycles. The van der Waals surface area contributed by atoms with E-state index >= 15 is 0 Å². The van der Waals surface area contributed by atoms with Crippen molar-refractivity contribution in [3.8, 4) is 11.5 Å². The van der Waals surface area contributed by atoms with Crippen molar-refractivity contribution in [3.63, 3.8) is 0 Å². The lowest BCUT2D eigenvalue weighted by molar-refractivity contribution is -0.134. The first-order valence-electron chi connectivity index (χ1n) is 8.07. The SMILES string of the molecule is COc1ccccc1OCC(=O)N1CCC(NS(=O)(=O)N(C)C)CC1. The predicted molar refractivity (Wildman–Crippen MR) is 93.8 cm³/mol. The van der Waals surface area contributed by atoms with Gasteiger partial charge in [0.15, 0.2) is 18.1 Å². The summed E-state index contributed by atoms with van der Waals surface area (Å²) < 4.78 is 38.2. The Morgan fingerprint density at radius 1 is 1.24 bits per heavy atom. The molecular weight excluding hydrogens is 346 g/mol. The van der Waals surface area contributed by atoms with Gasteiger partial charge in [0.2, 0.25) is 0 Å². The van der Waals surface area contributed by atoms with Crippen LogP contribution in [0.1, 0.15) is 12.8 Å². The standard InChI is InChI=1S/C16H25N3O5S/c1-18(2)25(21,22)17-13-8-10-19(11-9-13)16(20)12-24-15-7-5-4-6-14(15)23-3/h4-7,13,17H,8-12H2,1-3H3. The lowest BCUT2D eigenvalue weighted by Crippen LogP contribution is -2.49. The van der Waals surface area contributed by atoms with Crippen molar-refractivity contribution in [3.05, 3.63) is 24.3 Å². The monoisotopic (exact) mass is 371 g/mol. The number of rotatable bonds is 7. The summed E-state index contributed by atoms with van der Waals surface area (Å²) >= 11 is 0. The molecule has 1 amide bonds. The van der Waals surface area contributed by atoms with Crippen molar-refractivity contribution in [2.75, 3.05) is 40.9 Å². The molecule has 1 aromatic carbocycles. The highest BCUT2D eigenvalue weighted by molar-refractivity contribution is 7.87. The number of hydrogen-bond donors (Lipinski definition) is 1. The van der Waals surface area contributed by atoms with Crippen LogP contribution >= 0.6 is 0 Å². The third-order valence-electron chi connectivity index (χ3n) is 4.06. The molecule has 0 unspecified atom stereocenters. The minimum absolute atomic E-state index is 0.0749. The lowest BCUT2D eigenvalue weighted by atomic mass is 10.1. The molecule has 0 aromatic heterocycles. The molecule has 8 nitrogen and oxygen atoms in total. The van der Waals surface area contributed by atoms with Crippen LogP contribution in [0.3, 0.4) is 0 Å². The van der Waals surface area contributed by atoms with Crippen molar-refractivity contribution >= 4 is 16.1 Å². The van der Waals surface area contributed by atoms with Gasteiger partial charge in [0, 0.05) is 33.2 Å². The molecule has 1 aliphatic rings. The summed E-state index contributed by atoms with van der Waals surface area (Å²) in [5.74, 6) is 0.971. The average Bonchev–Trinajstić information content (AvgIpc) is 2.60. The Hall–Kier alpha value is -1.84. The van der Waals surface area contributed by atoms with Gasteiger partial charge in [-0.2, -0.15) is 17.4 Å². The van der Waals surface area contributed by atoms with Crippen LogP contribution in [-0.4, -0.2) is 70.5 Å². The number of nitrogens with zero attached hydrogens (tertiary/aromatic N) is 2. The smallest absolute Gasteiger partial charge is 0.279 e. The summed E-state index contributed by atoms with van der Waals surface area (Å²) in [7, 11) is 1.06. The Labute approximate surface area is 148 Å². The maximum atomic E-state index is 12.3. The van der Waals surface area contributed by atoms with E-state index in [0.717, 1.165) is 4.31 Å². The Bertz CT molecular complexity index is 685. The van der Waals surface area contributed by atoms with Crippen LogP contribution in [0.5, 0.6) is 11.5 Å². The predicted octanol–water partition coefficient (Wildman–Crippen LogP) is 0.461. The number of amides is 1. The van der Waals surface area contributed by atoms with E-state index in [9.17, 15) is 13.2 Å². The molecule has 1 fully saturated rings. The largest absolute Gasteiger partial charge is 0.493 e. The molecule has 1 aliphatic heterocycles. The lowest BCUT2D eigenvalue weighted by Gasteiger charge is -2.32. The van der Waals surface area contributed by atoms with Gasteiger partial charge in [0.05, 0.1) is 7.11 Å². The summed E-state index contributed by atoms with van der Waals surface area (Å²) in [6, 6.07) is 6.99. The van der Waals surface area contributed by atoms with Gasteiger partial charge in [-0.3, -0.25) is 4.79 Å². The summed E-state index contributed by atoms with van der Waals surface area (Å²) in [6.07, 6.45) is 1.15. The third kappa shape index (κ3) is 5.32. The number of carbonyl (C=O) groups excluding carboxylic acids is 1. The Balaban J connectivity index is 1.81. The first kappa shape index (κ1) is 19.5. The number of piperidine rings is 1. The van der Waals surface area contributed by atoms with Crippen molar-refractivity contribution in [1.82, 2.24) is 13.9 Å². The number of nitrogens with one attached hydrogen (secondary N) is 1. The maximum absolute atomic E-state index is 12.3. The molecule has 25 heavy (non-hydrogen) atoms. The number of ether oxygens (including phenoxy) is 2. The van der Waals surface area contributed by atoms with Gasteiger partial charge >= 0.3 is 0 Å². The van der Waals surface area contributed by atoms with Crippen LogP contribution in [0.2, 0.25) is 0 Å². The molecule has 1 heterocycles. The van der Waals surface area contributed by atoms with Crippen molar-refractivity contribution in [2.45, 2.75) is 18.9 Å². The molecule has 0 aliphatic carbocycles. The van der Waals surface area contributed by atoms with E-state index < -0.39 is 10.2 Å². The van der Waals surface area contributed by atoms with Crippen LogP contribution < -0.4 is 14.2 Å². The summed E-state index contributed by atoms with van der Waals surface area (Å²) in [5.41, 5.74) is 0. The Morgan fingerprint density at radius 3 is 2.40 bits per heavy atom. The molecule has 1 N–H and O–H groups in total. The van der Waals surface area contributed by atoms with Gasteiger partial charge in [0.25, 0.3) is 16.1 Å². The first-order chi connectivity index (χ1) is 11.8. The molecule has 0 radical (unpaired) electrons. The molecule has 140 valence electrons. The van der Waals surface area contributed by atoms with Crippen LogP contribution in [-0.2, 0) is 15.0 Å². The van der Waals surface area contributed by atoms with Crippen molar-refractivity contribution < 1.29 is 22.7 Å². The molecule has 0 bridgehead atoms. The molecule has 2 rings (SSSR count). The van der Waals surface area contributed by atoms with Crippen LogP contribution in [0, 0.1) is 0 Å². The van der Waals surface area contributed by atoms with E-state index in [2.05, 4.69) is 4.72 Å². The van der Waals surface area contributed by atoms with E-state index in [4.69, 9.17) is 9.47 Å². The highest BCUT2D eigenvalue weighted by Gasteiger charge is 2.26. The molecule has 1 aromatic rings.